The average molecular weight is 330 g/mol. The highest BCUT2D eigenvalue weighted by Crippen LogP contribution is 2.25. The van der Waals surface area contributed by atoms with Crippen molar-refractivity contribution >= 4 is 21.8 Å². The summed E-state index contributed by atoms with van der Waals surface area (Å²) in [6.45, 7) is 4.64. The third kappa shape index (κ3) is 3.86. The molecule has 106 valence electrons. The van der Waals surface area contributed by atoms with Gasteiger partial charge in [-0.1, -0.05) is 29.8 Å². The molecule has 0 aliphatic carbocycles. The van der Waals surface area contributed by atoms with Crippen molar-refractivity contribution in [2.45, 2.75) is 32.7 Å². The second-order valence-corrected chi connectivity index (χ2v) is 5.15. The van der Waals surface area contributed by atoms with Crippen molar-refractivity contribution in [1.29, 1.82) is 0 Å². The van der Waals surface area contributed by atoms with Gasteiger partial charge in [-0.3, -0.25) is 4.79 Å². The number of carbonyl (C=O) groups excluding carboxylic acids is 1. The average Bonchev–Trinajstić information content (AvgIpc) is 2.41. The van der Waals surface area contributed by atoms with Gasteiger partial charge >= 0.3 is 0 Å². The lowest BCUT2D eigenvalue weighted by molar-refractivity contribution is 0.0679. The number of hydrogen-bond donors (Lipinski definition) is 2. The highest BCUT2D eigenvalue weighted by Gasteiger charge is 2.24. The summed E-state index contributed by atoms with van der Waals surface area (Å²) in [5.41, 5.74) is 0.146. The number of nitrogens with zero attached hydrogens (tertiary/aromatic N) is 1. The SMILES string of the molecule is CCC(CC)N(CCBr)C(=O)c1cc(O)ccc1O. The lowest BCUT2D eigenvalue weighted by Gasteiger charge is -2.30. The van der Waals surface area contributed by atoms with E-state index in [-0.39, 0.29) is 29.0 Å². The van der Waals surface area contributed by atoms with Gasteiger partial charge in [-0.2, -0.15) is 0 Å². The van der Waals surface area contributed by atoms with Gasteiger partial charge in [0.25, 0.3) is 5.91 Å². The first kappa shape index (κ1) is 15.8. The number of aromatic hydroxyl groups is 2. The standard InChI is InChI=1S/C14H20BrNO3/c1-3-10(4-2)16(8-7-15)14(19)12-9-11(17)5-6-13(12)18/h5-6,9-10,17-18H,3-4,7-8H2,1-2H3. The number of amides is 1. The molecule has 0 saturated carbocycles. The molecule has 0 fully saturated rings. The third-order valence-corrected chi connectivity index (χ3v) is 3.53. The van der Waals surface area contributed by atoms with E-state index in [9.17, 15) is 15.0 Å². The van der Waals surface area contributed by atoms with Gasteiger partial charge in [0.1, 0.15) is 11.5 Å². The predicted molar refractivity (Wildman–Crippen MR) is 79.0 cm³/mol. The van der Waals surface area contributed by atoms with Crippen LogP contribution in [0.5, 0.6) is 11.5 Å². The van der Waals surface area contributed by atoms with Crippen LogP contribution in [0.2, 0.25) is 0 Å². The van der Waals surface area contributed by atoms with E-state index < -0.39 is 0 Å². The first-order valence-corrected chi connectivity index (χ1v) is 7.56. The van der Waals surface area contributed by atoms with Crippen LogP contribution < -0.4 is 0 Å². The van der Waals surface area contributed by atoms with Gasteiger partial charge < -0.3 is 15.1 Å². The second-order valence-electron chi connectivity index (χ2n) is 4.36. The Labute approximate surface area is 122 Å². The Hall–Kier alpha value is -1.23. The summed E-state index contributed by atoms with van der Waals surface area (Å²) >= 11 is 3.34. The molecule has 5 heteroatoms. The zero-order chi connectivity index (χ0) is 14.4. The van der Waals surface area contributed by atoms with Crippen molar-refractivity contribution in [3.8, 4) is 11.5 Å². The van der Waals surface area contributed by atoms with E-state index in [1.165, 1.54) is 18.2 Å². The Morgan fingerprint density at radius 3 is 2.47 bits per heavy atom. The van der Waals surface area contributed by atoms with Crippen molar-refractivity contribution in [1.82, 2.24) is 4.90 Å². The number of benzene rings is 1. The molecule has 1 aromatic carbocycles. The molecular formula is C14H20BrNO3. The van der Waals surface area contributed by atoms with Crippen molar-refractivity contribution in [2.24, 2.45) is 0 Å². The number of rotatable bonds is 6. The van der Waals surface area contributed by atoms with Gasteiger partial charge in [-0.05, 0) is 31.0 Å². The summed E-state index contributed by atoms with van der Waals surface area (Å²) in [7, 11) is 0. The van der Waals surface area contributed by atoms with Crippen molar-refractivity contribution < 1.29 is 15.0 Å². The molecule has 0 aromatic heterocycles. The third-order valence-electron chi connectivity index (χ3n) is 3.18. The lowest BCUT2D eigenvalue weighted by Crippen LogP contribution is -2.41. The van der Waals surface area contributed by atoms with Gasteiger partial charge in [-0.25, -0.2) is 0 Å². The molecular weight excluding hydrogens is 310 g/mol. The molecule has 1 rings (SSSR count). The van der Waals surface area contributed by atoms with Crippen LogP contribution in [0, 0.1) is 0 Å². The second kappa shape index (κ2) is 7.38. The van der Waals surface area contributed by atoms with E-state index in [0.717, 1.165) is 12.8 Å². The Kier molecular flexibility index (Phi) is 6.15. The molecule has 0 heterocycles. The maximum Gasteiger partial charge on any atom is 0.258 e. The molecule has 1 amide bonds. The molecule has 0 bridgehead atoms. The van der Waals surface area contributed by atoms with E-state index in [2.05, 4.69) is 15.9 Å². The summed E-state index contributed by atoms with van der Waals surface area (Å²) < 4.78 is 0. The summed E-state index contributed by atoms with van der Waals surface area (Å²) in [6.07, 6.45) is 1.71. The van der Waals surface area contributed by atoms with E-state index in [1.807, 2.05) is 13.8 Å². The van der Waals surface area contributed by atoms with Crippen LogP contribution in [0.4, 0.5) is 0 Å². The highest BCUT2D eigenvalue weighted by molar-refractivity contribution is 9.09. The quantitative estimate of drug-likeness (QED) is 0.622. The normalized spacial score (nSPS) is 10.7. The zero-order valence-corrected chi connectivity index (χ0v) is 12.9. The number of halogens is 1. The molecule has 2 N–H and O–H groups in total. The van der Waals surface area contributed by atoms with Crippen LogP contribution in [-0.2, 0) is 0 Å². The van der Waals surface area contributed by atoms with E-state index >= 15 is 0 Å². The van der Waals surface area contributed by atoms with Gasteiger partial charge in [0, 0.05) is 17.9 Å². The smallest absolute Gasteiger partial charge is 0.258 e. The topological polar surface area (TPSA) is 60.8 Å². The van der Waals surface area contributed by atoms with Crippen LogP contribution in [0.25, 0.3) is 0 Å². The molecule has 0 unspecified atom stereocenters. The van der Waals surface area contributed by atoms with Crippen molar-refractivity contribution in [3.63, 3.8) is 0 Å². The molecule has 0 saturated heterocycles. The number of alkyl halides is 1. The molecule has 19 heavy (non-hydrogen) atoms. The molecule has 0 spiro atoms. The number of phenols is 2. The fraction of sp³-hybridized carbons (Fsp3) is 0.500. The monoisotopic (exact) mass is 329 g/mol. The molecule has 0 radical (unpaired) electrons. The Balaban J connectivity index is 3.08. The Morgan fingerprint density at radius 2 is 1.95 bits per heavy atom. The highest BCUT2D eigenvalue weighted by atomic mass is 79.9. The molecule has 1 aromatic rings. The zero-order valence-electron chi connectivity index (χ0n) is 11.3. The van der Waals surface area contributed by atoms with E-state index in [4.69, 9.17) is 0 Å². The van der Waals surface area contributed by atoms with E-state index in [1.54, 1.807) is 4.90 Å². The van der Waals surface area contributed by atoms with Crippen molar-refractivity contribution in [2.75, 3.05) is 11.9 Å². The predicted octanol–water partition coefficient (Wildman–Crippen LogP) is 3.12. The van der Waals surface area contributed by atoms with Crippen LogP contribution in [0.3, 0.4) is 0 Å². The summed E-state index contributed by atoms with van der Waals surface area (Å²) in [5.74, 6) is -0.376. The summed E-state index contributed by atoms with van der Waals surface area (Å²) in [5, 5.41) is 19.9. The largest absolute Gasteiger partial charge is 0.508 e. The summed E-state index contributed by atoms with van der Waals surface area (Å²) in [6, 6.07) is 4.13. The molecule has 4 nitrogen and oxygen atoms in total. The lowest BCUT2D eigenvalue weighted by atomic mass is 10.1. The van der Waals surface area contributed by atoms with Gasteiger partial charge in [-0.15, -0.1) is 0 Å². The molecule has 0 aliphatic heterocycles. The fourth-order valence-electron chi connectivity index (χ4n) is 2.12. The number of carbonyl (C=O) groups is 1. The molecule has 0 atom stereocenters. The Bertz CT molecular complexity index is 433. The van der Waals surface area contributed by atoms with Crippen LogP contribution in [0.15, 0.2) is 18.2 Å². The van der Waals surface area contributed by atoms with Crippen LogP contribution in [0.1, 0.15) is 37.0 Å². The number of phenolic OH excluding ortho intramolecular Hbond substituents is 2. The van der Waals surface area contributed by atoms with E-state index in [0.29, 0.717) is 11.9 Å². The maximum absolute atomic E-state index is 12.5. The van der Waals surface area contributed by atoms with Gasteiger partial charge in [0.15, 0.2) is 0 Å². The molecule has 0 aliphatic rings. The minimum Gasteiger partial charge on any atom is -0.508 e. The van der Waals surface area contributed by atoms with Gasteiger partial charge in [0.2, 0.25) is 0 Å². The summed E-state index contributed by atoms with van der Waals surface area (Å²) in [4.78, 5) is 14.2. The number of hydrogen-bond acceptors (Lipinski definition) is 3. The maximum atomic E-state index is 12.5. The Morgan fingerprint density at radius 1 is 1.32 bits per heavy atom. The van der Waals surface area contributed by atoms with Crippen LogP contribution in [-0.4, -0.2) is 38.9 Å². The minimum atomic E-state index is -0.249. The fourth-order valence-corrected chi connectivity index (χ4v) is 2.50. The van der Waals surface area contributed by atoms with Gasteiger partial charge in [0.05, 0.1) is 5.56 Å². The first-order valence-electron chi connectivity index (χ1n) is 6.44. The van der Waals surface area contributed by atoms with Crippen molar-refractivity contribution in [3.05, 3.63) is 23.8 Å². The van der Waals surface area contributed by atoms with Crippen LogP contribution >= 0.6 is 15.9 Å². The minimum absolute atomic E-state index is 0.0236. The first-order chi connectivity index (χ1) is 9.04.